The molecule has 0 aliphatic rings. The third-order valence-corrected chi connectivity index (χ3v) is 1.53. The summed E-state index contributed by atoms with van der Waals surface area (Å²) in [6.45, 7) is 3.92. The van der Waals surface area contributed by atoms with Gasteiger partial charge in [0, 0.05) is 5.57 Å². The molecule has 0 spiro atoms. The Morgan fingerprint density at radius 1 is 1.46 bits per heavy atom. The highest BCUT2D eigenvalue weighted by molar-refractivity contribution is 5.85. The molecule has 0 saturated carbocycles. The lowest BCUT2D eigenvalue weighted by molar-refractivity contribution is -0.342. The van der Waals surface area contributed by atoms with Crippen LogP contribution in [-0.4, -0.2) is 37.1 Å². The third kappa shape index (κ3) is 5.35. The van der Waals surface area contributed by atoms with E-state index in [9.17, 15) is 4.79 Å². The fraction of sp³-hybridized carbons (Fsp3) is 0.625. The van der Waals surface area contributed by atoms with Crippen LogP contribution < -0.4 is 0 Å². The molecule has 0 rings (SSSR count). The molecule has 0 aromatic carbocycles. The summed E-state index contributed by atoms with van der Waals surface area (Å²) in [5.41, 5.74) is 0.201. The molecule has 0 aliphatic heterocycles. The SMILES string of the molecule is C=C(CCCN(OC)OC)C(=O)O. The maximum absolute atomic E-state index is 10.3. The molecule has 0 fully saturated rings. The van der Waals surface area contributed by atoms with Crippen LogP contribution >= 0.6 is 0 Å². The van der Waals surface area contributed by atoms with Crippen molar-refractivity contribution in [1.29, 1.82) is 0 Å². The number of rotatable bonds is 7. The van der Waals surface area contributed by atoms with Crippen molar-refractivity contribution in [2.24, 2.45) is 0 Å². The molecule has 1 N–H and O–H groups in total. The van der Waals surface area contributed by atoms with Crippen LogP contribution in [0.15, 0.2) is 12.2 Å². The summed E-state index contributed by atoms with van der Waals surface area (Å²) >= 11 is 0. The van der Waals surface area contributed by atoms with E-state index in [1.165, 1.54) is 19.4 Å². The average molecular weight is 189 g/mol. The van der Waals surface area contributed by atoms with Gasteiger partial charge in [-0.3, -0.25) is 9.68 Å². The van der Waals surface area contributed by atoms with Crippen molar-refractivity contribution < 1.29 is 19.6 Å². The van der Waals surface area contributed by atoms with Gasteiger partial charge in [0.15, 0.2) is 0 Å². The molecule has 0 unspecified atom stereocenters. The number of carboxylic acids is 1. The first-order chi connectivity index (χ1) is 6.11. The zero-order chi connectivity index (χ0) is 10.3. The van der Waals surface area contributed by atoms with Gasteiger partial charge >= 0.3 is 5.97 Å². The lowest BCUT2D eigenvalue weighted by Gasteiger charge is -2.15. The molecule has 0 atom stereocenters. The first kappa shape index (κ1) is 12.1. The topological polar surface area (TPSA) is 59.0 Å². The van der Waals surface area contributed by atoms with Gasteiger partial charge in [-0.1, -0.05) is 11.8 Å². The lowest BCUT2D eigenvalue weighted by atomic mass is 10.2. The van der Waals surface area contributed by atoms with Crippen molar-refractivity contribution in [2.45, 2.75) is 12.8 Å². The average Bonchev–Trinajstić information content (AvgIpc) is 2.12. The predicted molar refractivity (Wildman–Crippen MR) is 46.7 cm³/mol. The molecule has 0 saturated heterocycles. The second-order valence-electron chi connectivity index (χ2n) is 2.43. The molecule has 0 radical (unpaired) electrons. The highest BCUT2D eigenvalue weighted by atomic mass is 16.9. The van der Waals surface area contributed by atoms with E-state index in [1.54, 1.807) is 0 Å². The molecule has 0 heterocycles. The van der Waals surface area contributed by atoms with Gasteiger partial charge in [-0.25, -0.2) is 4.79 Å². The van der Waals surface area contributed by atoms with Gasteiger partial charge in [0.2, 0.25) is 0 Å². The molecular formula is C8H15NO4. The summed E-state index contributed by atoms with van der Waals surface area (Å²) in [5, 5.41) is 9.76. The van der Waals surface area contributed by atoms with Gasteiger partial charge in [0.1, 0.15) is 0 Å². The van der Waals surface area contributed by atoms with E-state index in [1.807, 2.05) is 0 Å². The maximum Gasteiger partial charge on any atom is 0.330 e. The molecule has 13 heavy (non-hydrogen) atoms. The van der Waals surface area contributed by atoms with Crippen LogP contribution in [0, 0.1) is 0 Å². The molecule has 0 aromatic heterocycles. The molecule has 76 valence electrons. The van der Waals surface area contributed by atoms with Crippen LogP contribution in [0.5, 0.6) is 0 Å². The van der Waals surface area contributed by atoms with Crippen molar-refractivity contribution >= 4 is 5.97 Å². The van der Waals surface area contributed by atoms with Crippen molar-refractivity contribution in [3.8, 4) is 0 Å². The van der Waals surface area contributed by atoms with Crippen LogP contribution in [0.3, 0.4) is 0 Å². The molecule has 0 aromatic rings. The molecular weight excluding hydrogens is 174 g/mol. The van der Waals surface area contributed by atoms with E-state index in [0.29, 0.717) is 19.4 Å². The summed E-state index contributed by atoms with van der Waals surface area (Å²) in [6, 6.07) is 0. The standard InChI is InChI=1S/C8H15NO4/c1-7(8(10)11)5-4-6-9(12-2)13-3/h1,4-6H2,2-3H3,(H,10,11). The number of carbonyl (C=O) groups is 1. The minimum absolute atomic E-state index is 0.201. The second kappa shape index (κ2) is 6.59. The van der Waals surface area contributed by atoms with Gasteiger partial charge in [0.25, 0.3) is 0 Å². The van der Waals surface area contributed by atoms with Crippen LogP contribution in [-0.2, 0) is 14.5 Å². The summed E-state index contributed by atoms with van der Waals surface area (Å²) in [5.74, 6) is -0.957. The summed E-state index contributed by atoms with van der Waals surface area (Å²) < 4.78 is 0. The molecule has 5 heteroatoms. The van der Waals surface area contributed by atoms with Crippen molar-refractivity contribution in [3.05, 3.63) is 12.2 Å². The van der Waals surface area contributed by atoms with Crippen molar-refractivity contribution in [1.82, 2.24) is 5.23 Å². The van der Waals surface area contributed by atoms with Crippen molar-refractivity contribution in [2.75, 3.05) is 20.8 Å². The Hall–Kier alpha value is -0.910. The summed E-state index contributed by atoms with van der Waals surface area (Å²) in [7, 11) is 2.96. The highest BCUT2D eigenvalue weighted by Crippen LogP contribution is 2.03. The fourth-order valence-electron chi connectivity index (χ4n) is 0.786. The first-order valence-corrected chi connectivity index (χ1v) is 3.88. The summed E-state index contributed by atoms with van der Waals surface area (Å²) in [4.78, 5) is 19.9. The van der Waals surface area contributed by atoms with Gasteiger partial charge in [-0.05, 0) is 12.8 Å². The Morgan fingerprint density at radius 2 is 2.00 bits per heavy atom. The molecule has 5 nitrogen and oxygen atoms in total. The Bertz CT molecular complexity index is 177. The minimum Gasteiger partial charge on any atom is -0.478 e. The van der Waals surface area contributed by atoms with Gasteiger partial charge in [-0.15, -0.1) is 0 Å². The number of nitrogens with zero attached hydrogens (tertiary/aromatic N) is 1. The first-order valence-electron chi connectivity index (χ1n) is 3.88. The monoisotopic (exact) mass is 189 g/mol. The van der Waals surface area contributed by atoms with Crippen molar-refractivity contribution in [3.63, 3.8) is 0 Å². The van der Waals surface area contributed by atoms with Crippen LogP contribution in [0.25, 0.3) is 0 Å². The Labute approximate surface area is 77.5 Å². The van der Waals surface area contributed by atoms with E-state index < -0.39 is 5.97 Å². The Balaban J connectivity index is 3.54. The van der Waals surface area contributed by atoms with Crippen LogP contribution in [0.1, 0.15) is 12.8 Å². The summed E-state index contributed by atoms with van der Waals surface area (Å²) in [6.07, 6.45) is 1.06. The third-order valence-electron chi connectivity index (χ3n) is 1.53. The Kier molecular flexibility index (Phi) is 6.13. The van der Waals surface area contributed by atoms with Gasteiger partial charge < -0.3 is 5.11 Å². The Morgan fingerprint density at radius 3 is 2.38 bits per heavy atom. The van der Waals surface area contributed by atoms with E-state index in [0.717, 1.165) is 0 Å². The number of carboxylic acid groups (broad SMARTS) is 1. The van der Waals surface area contributed by atoms with E-state index in [4.69, 9.17) is 14.8 Å². The van der Waals surface area contributed by atoms with Crippen LogP contribution in [0.2, 0.25) is 0 Å². The predicted octanol–water partition coefficient (Wildman–Crippen LogP) is 0.832. The second-order valence-corrected chi connectivity index (χ2v) is 2.43. The number of hydrogen-bond donors (Lipinski definition) is 1. The number of aliphatic carboxylic acids is 1. The lowest BCUT2D eigenvalue weighted by Crippen LogP contribution is -2.22. The van der Waals surface area contributed by atoms with Crippen LogP contribution in [0.4, 0.5) is 0 Å². The molecule has 0 bridgehead atoms. The number of hydrogen-bond acceptors (Lipinski definition) is 4. The van der Waals surface area contributed by atoms with Gasteiger partial charge in [-0.2, -0.15) is 0 Å². The largest absolute Gasteiger partial charge is 0.478 e. The highest BCUT2D eigenvalue weighted by Gasteiger charge is 2.05. The van der Waals surface area contributed by atoms with E-state index in [2.05, 4.69) is 6.58 Å². The zero-order valence-electron chi connectivity index (χ0n) is 7.95. The number of hydroxylamine groups is 2. The maximum atomic E-state index is 10.3. The van der Waals surface area contributed by atoms with Gasteiger partial charge in [0.05, 0.1) is 20.8 Å². The fourth-order valence-corrected chi connectivity index (χ4v) is 0.786. The molecule has 0 amide bonds. The quantitative estimate of drug-likeness (QED) is 0.475. The normalized spacial score (nSPS) is 10.4. The zero-order valence-corrected chi connectivity index (χ0v) is 7.95. The minimum atomic E-state index is -0.957. The smallest absolute Gasteiger partial charge is 0.330 e. The molecule has 0 aliphatic carbocycles. The van der Waals surface area contributed by atoms with E-state index in [-0.39, 0.29) is 5.57 Å². The van der Waals surface area contributed by atoms with E-state index >= 15 is 0 Å².